The average Bonchev–Trinajstić information content (AvgIpc) is 2.42. The van der Waals surface area contributed by atoms with Crippen molar-refractivity contribution in [3.05, 3.63) is 63.4 Å². The van der Waals surface area contributed by atoms with Crippen molar-refractivity contribution in [1.82, 2.24) is 10.3 Å². The van der Waals surface area contributed by atoms with Gasteiger partial charge in [0.25, 0.3) is 0 Å². The van der Waals surface area contributed by atoms with Crippen LogP contribution in [0.4, 0.5) is 0 Å². The molecule has 0 radical (unpaired) electrons. The first kappa shape index (κ1) is 15.0. The summed E-state index contributed by atoms with van der Waals surface area (Å²) in [6, 6.07) is 8.26. The van der Waals surface area contributed by atoms with Crippen molar-refractivity contribution in [2.75, 3.05) is 6.54 Å². The van der Waals surface area contributed by atoms with Gasteiger partial charge >= 0.3 is 0 Å². The van der Waals surface area contributed by atoms with Crippen LogP contribution >= 0.6 is 11.6 Å². The van der Waals surface area contributed by atoms with Crippen LogP contribution in [-0.4, -0.2) is 11.5 Å². The van der Waals surface area contributed by atoms with Crippen molar-refractivity contribution in [1.29, 1.82) is 0 Å². The van der Waals surface area contributed by atoms with Gasteiger partial charge in [0.2, 0.25) is 0 Å². The minimum Gasteiger partial charge on any atom is -0.305 e. The molecule has 0 saturated carbocycles. The number of aryl methyl sites for hydroxylation is 3. The Balaban J connectivity index is 2.54. The third-order valence-corrected chi connectivity index (χ3v) is 3.98. The van der Waals surface area contributed by atoms with Gasteiger partial charge in [-0.15, -0.1) is 0 Å². The molecule has 0 fully saturated rings. The van der Waals surface area contributed by atoms with Gasteiger partial charge in [-0.25, -0.2) is 0 Å². The lowest BCUT2D eigenvalue weighted by atomic mass is 9.93. The fourth-order valence-corrected chi connectivity index (χ4v) is 2.69. The number of nitrogens with zero attached hydrogens (tertiary/aromatic N) is 1. The zero-order valence-corrected chi connectivity index (χ0v) is 13.3. The Hall–Kier alpha value is -1.38. The molecule has 1 aromatic heterocycles. The van der Waals surface area contributed by atoms with Crippen LogP contribution in [0.1, 0.15) is 40.9 Å². The number of hydrogen-bond donors (Lipinski definition) is 1. The zero-order valence-electron chi connectivity index (χ0n) is 12.5. The van der Waals surface area contributed by atoms with Crippen molar-refractivity contribution in [2.45, 2.75) is 33.7 Å². The summed E-state index contributed by atoms with van der Waals surface area (Å²) in [5.41, 5.74) is 6.01. The summed E-state index contributed by atoms with van der Waals surface area (Å²) < 4.78 is 0. The van der Waals surface area contributed by atoms with Gasteiger partial charge in [0.05, 0.1) is 16.8 Å². The highest BCUT2D eigenvalue weighted by Gasteiger charge is 2.19. The van der Waals surface area contributed by atoms with Crippen LogP contribution in [0.5, 0.6) is 0 Å². The Kier molecular flexibility index (Phi) is 4.79. The highest BCUT2D eigenvalue weighted by Crippen LogP contribution is 2.29. The summed E-state index contributed by atoms with van der Waals surface area (Å²) in [5.74, 6) is 0. The van der Waals surface area contributed by atoms with Crippen molar-refractivity contribution < 1.29 is 0 Å². The first-order chi connectivity index (χ1) is 9.54. The fourth-order valence-electron chi connectivity index (χ4n) is 2.46. The second-order valence-corrected chi connectivity index (χ2v) is 5.56. The van der Waals surface area contributed by atoms with Crippen LogP contribution < -0.4 is 5.32 Å². The Morgan fingerprint density at radius 3 is 2.50 bits per heavy atom. The maximum Gasteiger partial charge on any atom is 0.0804 e. The molecule has 1 N–H and O–H groups in total. The molecule has 0 spiro atoms. The monoisotopic (exact) mass is 288 g/mol. The molecule has 1 atom stereocenters. The van der Waals surface area contributed by atoms with Gasteiger partial charge in [-0.2, -0.15) is 0 Å². The number of benzene rings is 1. The zero-order chi connectivity index (χ0) is 14.7. The summed E-state index contributed by atoms with van der Waals surface area (Å²) in [4.78, 5) is 4.47. The minimum atomic E-state index is 0.0352. The van der Waals surface area contributed by atoms with Crippen LogP contribution in [-0.2, 0) is 0 Å². The Bertz CT molecular complexity index is 608. The molecule has 2 nitrogen and oxygen atoms in total. The van der Waals surface area contributed by atoms with Gasteiger partial charge in [-0.1, -0.05) is 30.7 Å². The van der Waals surface area contributed by atoms with Gasteiger partial charge in [0.15, 0.2) is 0 Å². The molecule has 1 aromatic carbocycles. The average molecular weight is 289 g/mol. The molecule has 2 rings (SSSR count). The largest absolute Gasteiger partial charge is 0.305 e. The van der Waals surface area contributed by atoms with Gasteiger partial charge in [-0.05, 0) is 61.7 Å². The van der Waals surface area contributed by atoms with Gasteiger partial charge in [-0.3, -0.25) is 4.98 Å². The van der Waals surface area contributed by atoms with Crippen LogP contribution in [0.3, 0.4) is 0 Å². The molecule has 0 bridgehead atoms. The minimum absolute atomic E-state index is 0.0352. The van der Waals surface area contributed by atoms with Crippen LogP contribution in [0, 0.1) is 20.8 Å². The van der Waals surface area contributed by atoms with Crippen molar-refractivity contribution in [2.24, 2.45) is 0 Å². The maximum absolute atomic E-state index is 6.33. The Labute approximate surface area is 126 Å². The smallest absolute Gasteiger partial charge is 0.0804 e. The molecule has 1 unspecified atom stereocenters. The lowest BCUT2D eigenvalue weighted by Gasteiger charge is -2.22. The highest BCUT2D eigenvalue weighted by molar-refractivity contribution is 6.31. The van der Waals surface area contributed by atoms with E-state index in [9.17, 15) is 0 Å². The molecule has 0 aliphatic carbocycles. The number of pyridine rings is 1. The van der Waals surface area contributed by atoms with Crippen LogP contribution in [0.15, 0.2) is 30.5 Å². The standard InChI is InChI=1S/C17H21ClN2/c1-5-19-16(17-15(18)7-6-8-20-17)14-10-12(3)11(2)9-13(14)4/h6-10,16,19H,5H2,1-4H3. The van der Waals surface area contributed by atoms with E-state index in [1.54, 1.807) is 6.20 Å². The molecular weight excluding hydrogens is 268 g/mol. The van der Waals surface area contributed by atoms with E-state index in [1.807, 2.05) is 12.1 Å². The van der Waals surface area contributed by atoms with Crippen LogP contribution in [0.25, 0.3) is 0 Å². The third-order valence-electron chi connectivity index (χ3n) is 3.66. The fraction of sp³-hybridized carbons (Fsp3) is 0.353. The Morgan fingerprint density at radius 1 is 1.15 bits per heavy atom. The molecule has 106 valence electrons. The quantitative estimate of drug-likeness (QED) is 0.904. The number of halogens is 1. The number of aromatic nitrogens is 1. The molecular formula is C17H21ClN2. The first-order valence-electron chi connectivity index (χ1n) is 6.96. The third kappa shape index (κ3) is 3.02. The molecule has 2 aromatic rings. The lowest BCUT2D eigenvalue weighted by molar-refractivity contribution is 0.612. The second kappa shape index (κ2) is 6.38. The molecule has 3 heteroatoms. The van der Waals surface area contributed by atoms with Gasteiger partial charge < -0.3 is 5.32 Å². The van der Waals surface area contributed by atoms with E-state index in [-0.39, 0.29) is 6.04 Å². The highest BCUT2D eigenvalue weighted by atomic mass is 35.5. The Morgan fingerprint density at radius 2 is 1.85 bits per heavy atom. The van der Waals surface area contributed by atoms with Crippen LogP contribution in [0.2, 0.25) is 5.02 Å². The normalized spacial score (nSPS) is 12.4. The van der Waals surface area contributed by atoms with Crippen molar-refractivity contribution >= 4 is 11.6 Å². The predicted octanol–water partition coefficient (Wildman–Crippen LogP) is 4.36. The van der Waals surface area contributed by atoms with Crippen molar-refractivity contribution in [3.8, 4) is 0 Å². The summed E-state index contributed by atoms with van der Waals surface area (Å²) in [6.45, 7) is 9.39. The topological polar surface area (TPSA) is 24.9 Å². The number of nitrogens with one attached hydrogen (secondary N) is 1. The van der Waals surface area contributed by atoms with E-state index in [4.69, 9.17) is 11.6 Å². The first-order valence-corrected chi connectivity index (χ1v) is 7.34. The van der Waals surface area contributed by atoms with E-state index < -0.39 is 0 Å². The van der Waals surface area contributed by atoms with Gasteiger partial charge in [0, 0.05) is 6.20 Å². The maximum atomic E-state index is 6.33. The molecule has 0 aliphatic rings. The summed E-state index contributed by atoms with van der Waals surface area (Å²) in [5, 5.41) is 4.20. The van der Waals surface area contributed by atoms with E-state index >= 15 is 0 Å². The molecule has 0 amide bonds. The summed E-state index contributed by atoms with van der Waals surface area (Å²) >= 11 is 6.33. The molecule has 1 heterocycles. The molecule has 0 saturated heterocycles. The summed E-state index contributed by atoms with van der Waals surface area (Å²) in [6.07, 6.45) is 1.79. The number of rotatable bonds is 4. The van der Waals surface area contributed by atoms with E-state index in [0.29, 0.717) is 5.02 Å². The van der Waals surface area contributed by atoms with E-state index in [0.717, 1.165) is 12.2 Å². The lowest BCUT2D eigenvalue weighted by Crippen LogP contribution is -2.24. The second-order valence-electron chi connectivity index (χ2n) is 5.15. The van der Waals surface area contributed by atoms with Crippen molar-refractivity contribution in [3.63, 3.8) is 0 Å². The predicted molar refractivity (Wildman–Crippen MR) is 85.4 cm³/mol. The summed E-state index contributed by atoms with van der Waals surface area (Å²) in [7, 11) is 0. The van der Waals surface area contributed by atoms with Gasteiger partial charge in [0.1, 0.15) is 0 Å². The van der Waals surface area contributed by atoms with E-state index in [1.165, 1.54) is 22.3 Å². The SMILES string of the molecule is CCNC(c1cc(C)c(C)cc1C)c1ncccc1Cl. The molecule has 0 aliphatic heterocycles. The number of hydrogen-bond acceptors (Lipinski definition) is 2. The molecule has 20 heavy (non-hydrogen) atoms. The van der Waals surface area contributed by atoms with E-state index in [2.05, 4.69) is 50.1 Å².